The van der Waals surface area contributed by atoms with Crippen LogP contribution in [0.2, 0.25) is 0 Å². The molecule has 0 aromatic heterocycles. The quantitative estimate of drug-likeness (QED) is 0.234. The van der Waals surface area contributed by atoms with Gasteiger partial charge in [-0.25, -0.2) is 4.39 Å². The van der Waals surface area contributed by atoms with Crippen molar-refractivity contribution in [3.05, 3.63) is 97.8 Å². The monoisotopic (exact) mass is 488 g/mol. The molecule has 162 valence electrons. The van der Waals surface area contributed by atoms with Gasteiger partial charge in [0.2, 0.25) is 0 Å². The number of nitro groups is 1. The first kappa shape index (κ1) is 22.7. The summed E-state index contributed by atoms with van der Waals surface area (Å²) < 4.78 is 26.1. The van der Waals surface area contributed by atoms with E-state index in [9.17, 15) is 14.5 Å². The summed E-state index contributed by atoms with van der Waals surface area (Å²) in [5.74, 6) is 0.948. The van der Waals surface area contributed by atoms with Gasteiger partial charge in [-0.2, -0.15) is 0 Å². The maximum atomic E-state index is 13.8. The smallest absolute Gasteiger partial charge is 0.269 e. The predicted molar refractivity (Wildman–Crippen MR) is 120 cm³/mol. The SMILES string of the molecule is COc1ccc(Br)c(CNCCc2ccccc2F)c1OCc1ccc([N+](=O)[O-])cc1. The van der Waals surface area contributed by atoms with Gasteiger partial charge in [-0.1, -0.05) is 34.1 Å². The molecule has 0 radical (unpaired) electrons. The van der Waals surface area contributed by atoms with E-state index in [2.05, 4.69) is 21.2 Å². The van der Waals surface area contributed by atoms with Gasteiger partial charge in [0.05, 0.1) is 12.0 Å². The highest BCUT2D eigenvalue weighted by Crippen LogP contribution is 2.36. The number of hydrogen-bond donors (Lipinski definition) is 1. The Bertz CT molecular complexity index is 1040. The van der Waals surface area contributed by atoms with Crippen LogP contribution in [0.5, 0.6) is 11.5 Å². The Kier molecular flexibility index (Phi) is 7.97. The summed E-state index contributed by atoms with van der Waals surface area (Å²) in [7, 11) is 1.57. The number of nitrogens with zero attached hydrogens (tertiary/aromatic N) is 1. The second-order valence-electron chi connectivity index (χ2n) is 6.79. The number of hydrogen-bond acceptors (Lipinski definition) is 5. The molecule has 0 fully saturated rings. The number of ether oxygens (including phenoxy) is 2. The van der Waals surface area contributed by atoms with Crippen LogP contribution in [-0.4, -0.2) is 18.6 Å². The Labute approximate surface area is 188 Å². The zero-order valence-corrected chi connectivity index (χ0v) is 18.5. The van der Waals surface area contributed by atoms with Crippen molar-refractivity contribution in [2.75, 3.05) is 13.7 Å². The Balaban J connectivity index is 1.68. The molecule has 0 amide bonds. The lowest BCUT2D eigenvalue weighted by molar-refractivity contribution is -0.384. The molecule has 0 saturated carbocycles. The van der Waals surface area contributed by atoms with Crippen molar-refractivity contribution in [2.45, 2.75) is 19.6 Å². The van der Waals surface area contributed by atoms with Crippen molar-refractivity contribution in [1.82, 2.24) is 5.32 Å². The molecule has 0 aliphatic heterocycles. The van der Waals surface area contributed by atoms with Crippen molar-refractivity contribution in [3.63, 3.8) is 0 Å². The van der Waals surface area contributed by atoms with Gasteiger partial charge in [0.15, 0.2) is 11.5 Å². The van der Waals surface area contributed by atoms with Crippen LogP contribution >= 0.6 is 15.9 Å². The van der Waals surface area contributed by atoms with E-state index in [1.165, 1.54) is 18.2 Å². The van der Waals surface area contributed by atoms with Gasteiger partial charge in [0, 0.05) is 28.7 Å². The summed E-state index contributed by atoms with van der Waals surface area (Å²) in [6, 6.07) is 16.6. The molecule has 3 aromatic rings. The Morgan fingerprint density at radius 1 is 1.10 bits per heavy atom. The molecule has 0 bridgehead atoms. The lowest BCUT2D eigenvalue weighted by atomic mass is 10.1. The lowest BCUT2D eigenvalue weighted by Gasteiger charge is -2.17. The average molecular weight is 489 g/mol. The van der Waals surface area contributed by atoms with Crippen LogP contribution < -0.4 is 14.8 Å². The summed E-state index contributed by atoms with van der Waals surface area (Å²) >= 11 is 3.56. The zero-order valence-electron chi connectivity index (χ0n) is 16.9. The van der Waals surface area contributed by atoms with Crippen LogP contribution in [0, 0.1) is 15.9 Å². The second-order valence-corrected chi connectivity index (χ2v) is 7.64. The zero-order chi connectivity index (χ0) is 22.2. The van der Waals surface area contributed by atoms with Crippen LogP contribution in [0.25, 0.3) is 0 Å². The maximum Gasteiger partial charge on any atom is 0.269 e. The first-order chi connectivity index (χ1) is 15.0. The van der Waals surface area contributed by atoms with E-state index < -0.39 is 4.92 Å². The molecular weight excluding hydrogens is 467 g/mol. The van der Waals surface area contributed by atoms with E-state index in [0.29, 0.717) is 36.6 Å². The first-order valence-electron chi connectivity index (χ1n) is 9.65. The molecule has 3 aromatic carbocycles. The van der Waals surface area contributed by atoms with Crippen molar-refractivity contribution >= 4 is 21.6 Å². The molecule has 3 rings (SSSR count). The largest absolute Gasteiger partial charge is 0.493 e. The molecule has 6 nitrogen and oxygen atoms in total. The van der Waals surface area contributed by atoms with Crippen LogP contribution in [0.15, 0.2) is 65.1 Å². The molecule has 0 unspecified atom stereocenters. The topological polar surface area (TPSA) is 73.6 Å². The molecule has 31 heavy (non-hydrogen) atoms. The lowest BCUT2D eigenvalue weighted by Crippen LogP contribution is -2.18. The average Bonchev–Trinajstić information content (AvgIpc) is 2.77. The molecule has 8 heteroatoms. The third-order valence-corrected chi connectivity index (χ3v) is 5.49. The minimum atomic E-state index is -0.437. The fourth-order valence-electron chi connectivity index (χ4n) is 3.07. The highest BCUT2D eigenvalue weighted by Gasteiger charge is 2.15. The van der Waals surface area contributed by atoms with Crippen molar-refractivity contribution in [1.29, 1.82) is 0 Å². The molecule has 0 spiro atoms. The maximum absolute atomic E-state index is 13.8. The van der Waals surface area contributed by atoms with Crippen LogP contribution in [0.4, 0.5) is 10.1 Å². The number of nitro benzene ring substituents is 1. The Hall–Kier alpha value is -2.97. The van der Waals surface area contributed by atoms with Gasteiger partial charge in [0.1, 0.15) is 12.4 Å². The number of non-ortho nitro benzene ring substituents is 1. The van der Waals surface area contributed by atoms with Gasteiger partial charge < -0.3 is 14.8 Å². The van der Waals surface area contributed by atoms with Crippen LogP contribution in [-0.2, 0) is 19.6 Å². The highest BCUT2D eigenvalue weighted by atomic mass is 79.9. The van der Waals surface area contributed by atoms with Crippen molar-refractivity contribution in [2.24, 2.45) is 0 Å². The standard InChI is InChI=1S/C23H22BrFN2O4/c1-30-22-11-10-20(24)19(14-26-13-12-17-4-2-3-5-21(17)25)23(22)31-15-16-6-8-18(9-7-16)27(28)29/h2-11,26H,12-15H2,1H3. The van der Waals surface area contributed by atoms with E-state index in [1.54, 1.807) is 37.4 Å². The normalized spacial score (nSPS) is 10.7. The van der Waals surface area contributed by atoms with Gasteiger partial charge in [-0.15, -0.1) is 0 Å². The Morgan fingerprint density at radius 3 is 2.52 bits per heavy atom. The van der Waals surface area contributed by atoms with Gasteiger partial charge in [0.25, 0.3) is 5.69 Å². The summed E-state index contributed by atoms with van der Waals surface area (Å²) in [5.41, 5.74) is 2.36. The number of nitrogens with one attached hydrogen (secondary N) is 1. The van der Waals surface area contributed by atoms with Gasteiger partial charge in [-0.3, -0.25) is 10.1 Å². The summed E-state index contributed by atoms with van der Waals surface area (Å²) in [5, 5.41) is 14.1. The van der Waals surface area contributed by atoms with Crippen LogP contribution in [0.3, 0.4) is 0 Å². The first-order valence-corrected chi connectivity index (χ1v) is 10.4. The van der Waals surface area contributed by atoms with E-state index in [-0.39, 0.29) is 18.1 Å². The minimum Gasteiger partial charge on any atom is -0.493 e. The molecular formula is C23H22BrFN2O4. The second kappa shape index (κ2) is 10.9. The number of methoxy groups -OCH3 is 1. The molecule has 1 N–H and O–H groups in total. The highest BCUT2D eigenvalue weighted by molar-refractivity contribution is 9.10. The fraction of sp³-hybridized carbons (Fsp3) is 0.217. The van der Waals surface area contributed by atoms with E-state index in [0.717, 1.165) is 15.6 Å². The number of halogens is 2. The van der Waals surface area contributed by atoms with Crippen molar-refractivity contribution < 1.29 is 18.8 Å². The van der Waals surface area contributed by atoms with E-state index in [1.807, 2.05) is 12.1 Å². The number of benzene rings is 3. The number of rotatable bonds is 10. The van der Waals surface area contributed by atoms with Crippen molar-refractivity contribution in [3.8, 4) is 11.5 Å². The molecule has 0 aliphatic carbocycles. The summed E-state index contributed by atoms with van der Waals surface area (Å²) in [4.78, 5) is 10.4. The molecule has 0 heterocycles. The Morgan fingerprint density at radius 2 is 1.84 bits per heavy atom. The minimum absolute atomic E-state index is 0.0310. The predicted octanol–water partition coefficient (Wildman–Crippen LogP) is 5.42. The summed E-state index contributed by atoms with van der Waals surface area (Å²) in [6.45, 7) is 1.31. The van der Waals surface area contributed by atoms with E-state index >= 15 is 0 Å². The van der Waals surface area contributed by atoms with Crippen LogP contribution in [0.1, 0.15) is 16.7 Å². The third-order valence-electron chi connectivity index (χ3n) is 4.75. The third kappa shape index (κ3) is 6.02. The molecule has 0 saturated heterocycles. The molecule has 0 atom stereocenters. The summed E-state index contributed by atoms with van der Waals surface area (Å²) in [6.07, 6.45) is 0.563. The van der Waals surface area contributed by atoms with Gasteiger partial charge in [-0.05, 0) is 54.4 Å². The van der Waals surface area contributed by atoms with E-state index in [4.69, 9.17) is 9.47 Å². The fourth-order valence-corrected chi connectivity index (χ4v) is 3.53. The molecule has 0 aliphatic rings. The van der Waals surface area contributed by atoms with Gasteiger partial charge >= 0.3 is 0 Å².